The van der Waals surface area contributed by atoms with E-state index in [1.165, 1.54) is 31.4 Å². The summed E-state index contributed by atoms with van der Waals surface area (Å²) < 4.78 is 50.2. The van der Waals surface area contributed by atoms with E-state index in [-0.39, 0.29) is 11.3 Å². The zero-order chi connectivity index (χ0) is 17.7. The Bertz CT molecular complexity index is 720. The first-order valence-corrected chi connectivity index (χ1v) is 8.63. The van der Waals surface area contributed by atoms with E-state index < -0.39 is 46.7 Å². The van der Waals surface area contributed by atoms with Gasteiger partial charge in [0.1, 0.15) is 11.9 Å². The first-order chi connectivity index (χ1) is 11.4. The number of rotatable bonds is 6. The van der Waals surface area contributed by atoms with Crippen molar-refractivity contribution >= 4 is 16.0 Å². The highest BCUT2D eigenvalue weighted by Crippen LogP contribution is 2.19. The van der Waals surface area contributed by atoms with Crippen molar-refractivity contribution in [1.29, 1.82) is 0 Å². The number of benzene rings is 1. The molecule has 1 aliphatic heterocycles. The van der Waals surface area contributed by atoms with Crippen molar-refractivity contribution in [1.82, 2.24) is 4.72 Å². The third-order valence-electron chi connectivity index (χ3n) is 3.46. The molecule has 2 N–H and O–H groups in total. The van der Waals surface area contributed by atoms with Crippen molar-refractivity contribution in [3.63, 3.8) is 0 Å². The number of aliphatic hydroxyl groups is 1. The van der Waals surface area contributed by atoms with Crippen molar-refractivity contribution < 1.29 is 32.2 Å². The van der Waals surface area contributed by atoms with Gasteiger partial charge in [-0.1, -0.05) is 18.2 Å². The van der Waals surface area contributed by atoms with Crippen LogP contribution in [0.1, 0.15) is 6.42 Å². The molecular formula is C15H18FNO6S. The summed E-state index contributed by atoms with van der Waals surface area (Å²) in [6.07, 6.45) is 1.46. The maximum Gasteiger partial charge on any atom is 0.308 e. The molecule has 1 aromatic carbocycles. The molecule has 0 unspecified atom stereocenters. The quantitative estimate of drug-likeness (QED) is 0.561. The second kappa shape index (κ2) is 7.84. The Morgan fingerprint density at radius 2 is 2.17 bits per heavy atom. The lowest BCUT2D eigenvalue weighted by atomic mass is 10.1. The van der Waals surface area contributed by atoms with Crippen molar-refractivity contribution in [2.75, 3.05) is 13.7 Å². The van der Waals surface area contributed by atoms with Crippen LogP contribution in [0.3, 0.4) is 0 Å². The fourth-order valence-electron chi connectivity index (χ4n) is 2.24. The first kappa shape index (κ1) is 18.5. The predicted molar refractivity (Wildman–Crippen MR) is 82.0 cm³/mol. The molecule has 24 heavy (non-hydrogen) atoms. The van der Waals surface area contributed by atoms with E-state index in [1.807, 2.05) is 0 Å². The lowest BCUT2D eigenvalue weighted by Crippen LogP contribution is -2.48. The van der Waals surface area contributed by atoms with E-state index in [4.69, 9.17) is 4.74 Å². The van der Waals surface area contributed by atoms with Crippen LogP contribution in [0.15, 0.2) is 41.3 Å². The van der Waals surface area contributed by atoms with Gasteiger partial charge in [-0.3, -0.25) is 4.79 Å². The van der Waals surface area contributed by atoms with E-state index in [0.29, 0.717) is 0 Å². The second-order valence-electron chi connectivity index (χ2n) is 5.17. The van der Waals surface area contributed by atoms with Gasteiger partial charge >= 0.3 is 5.97 Å². The van der Waals surface area contributed by atoms with Gasteiger partial charge in [-0.25, -0.2) is 17.5 Å². The van der Waals surface area contributed by atoms with Gasteiger partial charge in [0.25, 0.3) is 0 Å². The van der Waals surface area contributed by atoms with Gasteiger partial charge in [-0.2, -0.15) is 0 Å². The van der Waals surface area contributed by atoms with Crippen LogP contribution in [0.5, 0.6) is 0 Å². The number of aliphatic hydroxyl groups excluding tert-OH is 1. The Labute approximate surface area is 139 Å². The molecule has 0 spiro atoms. The summed E-state index contributed by atoms with van der Waals surface area (Å²) in [5.74, 6) is -1.16. The molecular weight excluding hydrogens is 341 g/mol. The molecule has 0 bridgehead atoms. The minimum atomic E-state index is -3.99. The van der Waals surface area contributed by atoms with Gasteiger partial charge in [-0.05, 0) is 18.2 Å². The maximum absolute atomic E-state index is 13.2. The summed E-state index contributed by atoms with van der Waals surface area (Å²) in [5, 5.41) is 9.41. The standard InChI is InChI=1S/C15H18FNO6S/c1-22-15(19)8-11-5-6-13(14(9-18)23-11)17-24(20,21)12-4-2-3-10(16)7-12/h2-7,11,13-14,17-18H,8-9H2,1H3/t11-,13-,14+/m0/s1. The molecule has 3 atom stereocenters. The van der Waals surface area contributed by atoms with Crippen LogP contribution in [-0.2, 0) is 24.3 Å². The molecule has 0 amide bonds. The fraction of sp³-hybridized carbons (Fsp3) is 0.400. The molecule has 0 saturated carbocycles. The molecule has 0 radical (unpaired) electrons. The number of esters is 1. The average molecular weight is 359 g/mol. The molecule has 7 nitrogen and oxygen atoms in total. The molecule has 1 heterocycles. The highest BCUT2D eigenvalue weighted by Gasteiger charge is 2.31. The smallest absolute Gasteiger partial charge is 0.308 e. The Balaban J connectivity index is 2.13. The van der Waals surface area contributed by atoms with Crippen LogP contribution < -0.4 is 4.72 Å². The lowest BCUT2D eigenvalue weighted by Gasteiger charge is -2.31. The van der Waals surface area contributed by atoms with E-state index in [2.05, 4.69) is 9.46 Å². The Kier molecular flexibility index (Phi) is 6.05. The lowest BCUT2D eigenvalue weighted by molar-refractivity contribution is -0.144. The van der Waals surface area contributed by atoms with Crippen LogP contribution in [0.2, 0.25) is 0 Å². The number of methoxy groups -OCH3 is 1. The zero-order valence-electron chi connectivity index (χ0n) is 12.9. The molecule has 9 heteroatoms. The number of carbonyl (C=O) groups excluding carboxylic acids is 1. The number of ether oxygens (including phenoxy) is 2. The van der Waals surface area contributed by atoms with Crippen molar-refractivity contribution in [2.45, 2.75) is 29.6 Å². The average Bonchev–Trinajstić information content (AvgIpc) is 2.55. The fourth-order valence-corrected chi connectivity index (χ4v) is 3.49. The summed E-state index contributed by atoms with van der Waals surface area (Å²) in [4.78, 5) is 11.0. The van der Waals surface area contributed by atoms with Crippen molar-refractivity contribution in [2.24, 2.45) is 0 Å². The predicted octanol–water partition coefficient (Wildman–Crippen LogP) is 0.352. The zero-order valence-corrected chi connectivity index (χ0v) is 13.7. The van der Waals surface area contributed by atoms with Crippen molar-refractivity contribution in [3.05, 3.63) is 42.2 Å². The van der Waals surface area contributed by atoms with Gasteiger partial charge in [0.15, 0.2) is 0 Å². The summed E-state index contributed by atoms with van der Waals surface area (Å²) in [7, 11) is -2.75. The van der Waals surface area contributed by atoms with Gasteiger partial charge in [0.2, 0.25) is 10.0 Å². The van der Waals surface area contributed by atoms with Gasteiger partial charge < -0.3 is 14.6 Å². The normalized spacial score (nSPS) is 23.9. The number of sulfonamides is 1. The van der Waals surface area contributed by atoms with Gasteiger partial charge in [-0.15, -0.1) is 0 Å². The highest BCUT2D eigenvalue weighted by molar-refractivity contribution is 7.89. The maximum atomic E-state index is 13.2. The highest BCUT2D eigenvalue weighted by atomic mass is 32.2. The molecule has 0 aliphatic carbocycles. The Hall–Kier alpha value is -1.81. The molecule has 0 saturated heterocycles. The molecule has 0 aromatic heterocycles. The number of carbonyl (C=O) groups is 1. The van der Waals surface area contributed by atoms with Crippen LogP contribution in [0, 0.1) is 5.82 Å². The minimum Gasteiger partial charge on any atom is -0.469 e. The number of hydrogen-bond donors (Lipinski definition) is 2. The third-order valence-corrected chi connectivity index (χ3v) is 4.91. The number of nitrogens with one attached hydrogen (secondary N) is 1. The largest absolute Gasteiger partial charge is 0.469 e. The Morgan fingerprint density at radius 3 is 2.79 bits per heavy atom. The van der Waals surface area contributed by atoms with Crippen molar-refractivity contribution in [3.8, 4) is 0 Å². The number of halogens is 1. The van der Waals surface area contributed by atoms with Crippen LogP contribution >= 0.6 is 0 Å². The number of hydrogen-bond acceptors (Lipinski definition) is 6. The summed E-state index contributed by atoms with van der Waals surface area (Å²) in [5.41, 5.74) is 0. The summed E-state index contributed by atoms with van der Waals surface area (Å²) >= 11 is 0. The van der Waals surface area contributed by atoms with Gasteiger partial charge in [0.05, 0.1) is 37.2 Å². The molecule has 132 valence electrons. The summed E-state index contributed by atoms with van der Waals surface area (Å²) in [6.45, 7) is -0.460. The monoisotopic (exact) mass is 359 g/mol. The van der Waals surface area contributed by atoms with Crippen LogP contribution in [0.25, 0.3) is 0 Å². The van der Waals surface area contributed by atoms with E-state index in [9.17, 15) is 22.7 Å². The first-order valence-electron chi connectivity index (χ1n) is 7.15. The van der Waals surface area contributed by atoms with Crippen LogP contribution in [0.4, 0.5) is 4.39 Å². The van der Waals surface area contributed by atoms with Crippen LogP contribution in [-0.4, -0.2) is 51.5 Å². The minimum absolute atomic E-state index is 0.0487. The topological polar surface area (TPSA) is 102 Å². The molecule has 1 aromatic rings. The molecule has 2 rings (SSSR count). The van der Waals surface area contributed by atoms with E-state index >= 15 is 0 Å². The summed E-state index contributed by atoms with van der Waals surface area (Å²) in [6, 6.07) is 3.72. The molecule has 1 aliphatic rings. The Morgan fingerprint density at radius 1 is 1.42 bits per heavy atom. The van der Waals surface area contributed by atoms with E-state index in [1.54, 1.807) is 0 Å². The molecule has 0 fully saturated rings. The third kappa shape index (κ3) is 4.60. The van der Waals surface area contributed by atoms with Gasteiger partial charge in [0, 0.05) is 0 Å². The SMILES string of the molecule is COC(=O)C[C@@H]1C=C[C@H](NS(=O)(=O)c2cccc(F)c2)[C@@H](CO)O1. The second-order valence-corrected chi connectivity index (χ2v) is 6.88. The van der Waals surface area contributed by atoms with E-state index in [0.717, 1.165) is 12.1 Å².